The highest BCUT2D eigenvalue weighted by atomic mass is 16.1. The molecule has 2 aromatic heterocycles. The number of hydrogen-bond acceptors (Lipinski definition) is 6. The van der Waals surface area contributed by atoms with Gasteiger partial charge in [-0.3, -0.25) is 4.57 Å². The minimum atomic E-state index is -0.300. The molecule has 3 heterocycles. The summed E-state index contributed by atoms with van der Waals surface area (Å²) in [6.45, 7) is 6.55. The Balaban J connectivity index is 1.37. The third-order valence-corrected chi connectivity index (χ3v) is 6.63. The number of aromatic nitrogens is 3. The van der Waals surface area contributed by atoms with Crippen LogP contribution in [0.1, 0.15) is 12.0 Å². The van der Waals surface area contributed by atoms with E-state index in [1.165, 1.54) is 5.69 Å². The largest absolute Gasteiger partial charge is 0.369 e. The van der Waals surface area contributed by atoms with Crippen LogP contribution in [-0.2, 0) is 6.54 Å². The van der Waals surface area contributed by atoms with E-state index in [0.29, 0.717) is 12.2 Å². The minimum absolute atomic E-state index is 0.300. The van der Waals surface area contributed by atoms with Crippen LogP contribution < -0.4 is 21.6 Å². The van der Waals surface area contributed by atoms with Crippen LogP contribution in [-0.4, -0.2) is 65.8 Å². The number of H-pyrrole nitrogens is 1. The Kier molecular flexibility index (Phi) is 6.94. The van der Waals surface area contributed by atoms with Crippen LogP contribution in [0.5, 0.6) is 0 Å². The van der Waals surface area contributed by atoms with Gasteiger partial charge in [0, 0.05) is 61.3 Å². The van der Waals surface area contributed by atoms with Crippen LogP contribution in [0.4, 0.5) is 5.69 Å². The van der Waals surface area contributed by atoms with Crippen molar-refractivity contribution in [1.29, 1.82) is 0 Å². The van der Waals surface area contributed by atoms with E-state index in [4.69, 9.17) is 5.73 Å². The Hall–Kier alpha value is -3.46. The molecular formula is C27H33N7O. The quantitative estimate of drug-likeness (QED) is 0.342. The molecule has 0 bridgehead atoms. The highest BCUT2D eigenvalue weighted by Crippen LogP contribution is 2.27. The molecule has 1 fully saturated rings. The van der Waals surface area contributed by atoms with Crippen molar-refractivity contribution in [2.24, 2.45) is 5.73 Å². The summed E-state index contributed by atoms with van der Waals surface area (Å²) in [7, 11) is 2.16. The fraction of sp³-hybridized carbons (Fsp3) is 0.333. The van der Waals surface area contributed by atoms with Crippen LogP contribution in [0.3, 0.4) is 0 Å². The van der Waals surface area contributed by atoms with E-state index in [2.05, 4.69) is 62.5 Å². The van der Waals surface area contributed by atoms with E-state index in [1.807, 2.05) is 30.5 Å². The number of anilines is 1. The first-order valence-corrected chi connectivity index (χ1v) is 12.3. The van der Waals surface area contributed by atoms with Gasteiger partial charge in [0.2, 0.25) is 0 Å². The molecule has 1 saturated heterocycles. The molecule has 0 saturated carbocycles. The maximum atomic E-state index is 12.8. The number of nitrogens with one attached hydrogen (secondary N) is 2. The lowest BCUT2D eigenvalue weighted by atomic mass is 10.1. The Labute approximate surface area is 205 Å². The number of nitrogens with two attached hydrogens (primary N) is 1. The molecule has 2 aromatic carbocycles. The zero-order chi connectivity index (χ0) is 24.2. The summed E-state index contributed by atoms with van der Waals surface area (Å²) in [5.41, 5.74) is 11.1. The van der Waals surface area contributed by atoms with E-state index < -0.39 is 0 Å². The monoisotopic (exact) mass is 471 g/mol. The number of fused-ring (bicyclic) bond motifs is 1. The third-order valence-electron chi connectivity index (χ3n) is 6.63. The van der Waals surface area contributed by atoms with Gasteiger partial charge < -0.3 is 25.8 Å². The lowest BCUT2D eigenvalue weighted by Crippen LogP contribution is -2.44. The molecule has 0 radical (unpaired) electrons. The van der Waals surface area contributed by atoms with Crippen LogP contribution in [0.15, 0.2) is 65.6 Å². The second kappa shape index (κ2) is 10.4. The number of rotatable bonds is 8. The predicted octanol–water partition coefficient (Wildman–Crippen LogP) is 2.57. The van der Waals surface area contributed by atoms with Gasteiger partial charge in [-0.2, -0.15) is 4.98 Å². The van der Waals surface area contributed by atoms with E-state index in [0.717, 1.165) is 73.6 Å². The van der Waals surface area contributed by atoms with Crippen LogP contribution in [0, 0.1) is 0 Å². The molecule has 0 unspecified atom stereocenters. The number of aromatic amines is 1. The average molecular weight is 472 g/mol. The van der Waals surface area contributed by atoms with Gasteiger partial charge in [0.1, 0.15) is 5.65 Å². The summed E-state index contributed by atoms with van der Waals surface area (Å²) >= 11 is 0. The SMILES string of the molecule is CN1CCN(c2cccc(-c3cc4cn(-c5ccc(CNCCCN)cc5)c(=O)nc4[nH]3)c2)CC1. The van der Waals surface area contributed by atoms with Crippen molar-refractivity contribution in [3.8, 4) is 16.9 Å². The molecule has 0 amide bonds. The summed E-state index contributed by atoms with van der Waals surface area (Å²) in [6.07, 6.45) is 2.82. The topological polar surface area (TPSA) is 95.2 Å². The molecule has 1 aliphatic rings. The van der Waals surface area contributed by atoms with E-state index in [-0.39, 0.29) is 5.69 Å². The molecular weight excluding hydrogens is 438 g/mol. The van der Waals surface area contributed by atoms with Gasteiger partial charge in [-0.1, -0.05) is 24.3 Å². The van der Waals surface area contributed by atoms with Crippen molar-refractivity contribution < 1.29 is 0 Å². The molecule has 182 valence electrons. The number of likely N-dealkylation sites (N-methyl/N-ethyl adjacent to an activating group) is 1. The normalized spacial score (nSPS) is 14.6. The predicted molar refractivity (Wildman–Crippen MR) is 142 cm³/mol. The van der Waals surface area contributed by atoms with Gasteiger partial charge in [-0.05, 0) is 62.5 Å². The molecule has 0 spiro atoms. The van der Waals surface area contributed by atoms with Crippen LogP contribution in [0.2, 0.25) is 0 Å². The molecule has 4 N–H and O–H groups in total. The van der Waals surface area contributed by atoms with E-state index in [1.54, 1.807) is 4.57 Å². The lowest BCUT2D eigenvalue weighted by molar-refractivity contribution is 0.313. The van der Waals surface area contributed by atoms with E-state index in [9.17, 15) is 4.79 Å². The van der Waals surface area contributed by atoms with Crippen molar-refractivity contribution >= 4 is 16.7 Å². The summed E-state index contributed by atoms with van der Waals surface area (Å²) in [5, 5.41) is 4.27. The number of nitrogens with zero attached hydrogens (tertiary/aromatic N) is 4. The molecule has 5 rings (SSSR count). The number of hydrogen-bond donors (Lipinski definition) is 3. The maximum absolute atomic E-state index is 12.8. The molecule has 0 atom stereocenters. The molecule has 35 heavy (non-hydrogen) atoms. The fourth-order valence-corrected chi connectivity index (χ4v) is 4.50. The standard InChI is InChI=1S/C27H33N7O/c1-32-12-14-33(15-13-32)24-5-2-4-21(16-24)25-17-22-19-34(27(35)31-26(22)30-25)23-8-6-20(7-9-23)18-29-11-3-10-28/h2,4-9,16-17,19,29H,3,10-15,18,28H2,1H3,(H,30,31,35). The first-order chi connectivity index (χ1) is 17.1. The first-order valence-electron chi connectivity index (χ1n) is 12.3. The second-order valence-corrected chi connectivity index (χ2v) is 9.21. The van der Waals surface area contributed by atoms with Gasteiger partial charge in [-0.25, -0.2) is 4.79 Å². The molecule has 0 aliphatic carbocycles. The smallest absolute Gasteiger partial charge is 0.354 e. The molecule has 4 aromatic rings. The van der Waals surface area contributed by atoms with Crippen LogP contribution >= 0.6 is 0 Å². The highest BCUT2D eigenvalue weighted by Gasteiger charge is 2.15. The molecule has 8 nitrogen and oxygen atoms in total. The van der Waals surface area contributed by atoms with Crippen molar-refractivity contribution in [2.45, 2.75) is 13.0 Å². The zero-order valence-corrected chi connectivity index (χ0v) is 20.2. The lowest BCUT2D eigenvalue weighted by Gasteiger charge is -2.34. The maximum Gasteiger partial charge on any atom is 0.354 e. The third kappa shape index (κ3) is 5.30. The number of benzene rings is 2. The Morgan fingerprint density at radius 1 is 1.03 bits per heavy atom. The van der Waals surface area contributed by atoms with Gasteiger partial charge in [0.05, 0.1) is 5.69 Å². The summed E-state index contributed by atoms with van der Waals surface area (Å²) in [5.74, 6) is 0. The van der Waals surface area contributed by atoms with Gasteiger partial charge in [0.15, 0.2) is 0 Å². The van der Waals surface area contributed by atoms with Crippen molar-refractivity contribution in [2.75, 3.05) is 51.2 Å². The number of piperazine rings is 1. The summed E-state index contributed by atoms with van der Waals surface area (Å²) < 4.78 is 1.60. The second-order valence-electron chi connectivity index (χ2n) is 9.21. The van der Waals surface area contributed by atoms with Crippen molar-refractivity contribution in [3.63, 3.8) is 0 Å². The molecule has 8 heteroatoms. The van der Waals surface area contributed by atoms with E-state index >= 15 is 0 Å². The Morgan fingerprint density at radius 2 is 1.83 bits per heavy atom. The van der Waals surface area contributed by atoms with Crippen molar-refractivity contribution in [3.05, 3.63) is 76.8 Å². The van der Waals surface area contributed by atoms with Crippen molar-refractivity contribution in [1.82, 2.24) is 24.8 Å². The summed E-state index contributed by atoms with van der Waals surface area (Å²) in [6, 6.07) is 18.6. The highest BCUT2D eigenvalue weighted by molar-refractivity contribution is 5.83. The first kappa shape index (κ1) is 23.3. The van der Waals surface area contributed by atoms with Crippen LogP contribution in [0.25, 0.3) is 28.0 Å². The Bertz CT molecular complexity index is 1330. The van der Waals surface area contributed by atoms with Gasteiger partial charge in [-0.15, -0.1) is 0 Å². The van der Waals surface area contributed by atoms with Gasteiger partial charge >= 0.3 is 5.69 Å². The minimum Gasteiger partial charge on any atom is -0.369 e. The fourth-order valence-electron chi connectivity index (χ4n) is 4.50. The van der Waals surface area contributed by atoms with Gasteiger partial charge in [0.25, 0.3) is 0 Å². The molecule has 1 aliphatic heterocycles. The average Bonchev–Trinajstić information content (AvgIpc) is 3.30. The summed E-state index contributed by atoms with van der Waals surface area (Å²) in [4.78, 5) is 25.2. The Morgan fingerprint density at radius 3 is 2.60 bits per heavy atom. The zero-order valence-electron chi connectivity index (χ0n) is 20.2.